The zero-order valence-corrected chi connectivity index (χ0v) is 6.02. The number of hydrogen-bond acceptors (Lipinski definition) is 2. The molecule has 1 saturated heterocycles. The molecule has 0 aliphatic carbocycles. The maximum absolute atomic E-state index is 9.47. The van der Waals surface area contributed by atoms with Crippen LogP contribution in [0.5, 0.6) is 0 Å². The van der Waals surface area contributed by atoms with E-state index in [1.807, 2.05) is 0 Å². The molecule has 9 heavy (non-hydrogen) atoms. The summed E-state index contributed by atoms with van der Waals surface area (Å²) < 4.78 is 5.05. The van der Waals surface area contributed by atoms with Gasteiger partial charge in [0.2, 0.25) is 0 Å². The van der Waals surface area contributed by atoms with Crippen LogP contribution in [0.3, 0.4) is 0 Å². The molecular weight excluding hydrogens is 140 g/mol. The quantitative estimate of drug-likeness (QED) is 0.560. The SMILES string of the molecule is OC1(CCl)CCOCC1. The first kappa shape index (κ1) is 7.32. The van der Waals surface area contributed by atoms with E-state index in [2.05, 4.69) is 0 Å². The van der Waals surface area contributed by atoms with Crippen molar-refractivity contribution in [1.29, 1.82) is 0 Å². The van der Waals surface area contributed by atoms with Crippen LogP contribution in [0.4, 0.5) is 0 Å². The fourth-order valence-corrected chi connectivity index (χ4v) is 1.15. The first-order chi connectivity index (χ1) is 4.27. The monoisotopic (exact) mass is 150 g/mol. The molecule has 0 unspecified atom stereocenters. The molecule has 0 aromatic heterocycles. The summed E-state index contributed by atoms with van der Waals surface area (Å²) in [6, 6.07) is 0. The lowest BCUT2D eigenvalue weighted by atomic mass is 9.97. The predicted molar refractivity (Wildman–Crippen MR) is 35.7 cm³/mol. The Morgan fingerprint density at radius 1 is 1.44 bits per heavy atom. The van der Waals surface area contributed by atoms with Crippen molar-refractivity contribution < 1.29 is 9.84 Å². The maximum atomic E-state index is 9.47. The standard InChI is InChI=1S/C6H11ClO2/c7-5-6(8)1-3-9-4-2-6/h8H,1-5H2. The number of hydrogen-bond donors (Lipinski definition) is 1. The largest absolute Gasteiger partial charge is 0.388 e. The molecule has 0 bridgehead atoms. The van der Waals surface area contributed by atoms with Gasteiger partial charge in [0, 0.05) is 26.1 Å². The van der Waals surface area contributed by atoms with Gasteiger partial charge in [-0.3, -0.25) is 0 Å². The van der Waals surface area contributed by atoms with Gasteiger partial charge in [-0.25, -0.2) is 0 Å². The van der Waals surface area contributed by atoms with Crippen molar-refractivity contribution in [2.45, 2.75) is 18.4 Å². The third-order valence-electron chi connectivity index (χ3n) is 1.67. The van der Waals surface area contributed by atoms with E-state index in [9.17, 15) is 5.11 Å². The van der Waals surface area contributed by atoms with Gasteiger partial charge < -0.3 is 9.84 Å². The Morgan fingerprint density at radius 3 is 2.33 bits per heavy atom. The lowest BCUT2D eigenvalue weighted by Crippen LogP contribution is -2.37. The number of alkyl halides is 1. The van der Waals surface area contributed by atoms with Crippen molar-refractivity contribution in [1.82, 2.24) is 0 Å². The molecule has 1 aliphatic rings. The Labute approximate surface area is 59.8 Å². The van der Waals surface area contributed by atoms with E-state index in [1.165, 1.54) is 0 Å². The van der Waals surface area contributed by atoms with Crippen LogP contribution >= 0.6 is 11.6 Å². The first-order valence-electron chi connectivity index (χ1n) is 3.13. The Hall–Kier alpha value is 0.210. The van der Waals surface area contributed by atoms with Crippen molar-refractivity contribution >= 4 is 11.6 Å². The predicted octanol–water partition coefficient (Wildman–Crippen LogP) is 0.767. The van der Waals surface area contributed by atoms with Gasteiger partial charge in [0.15, 0.2) is 0 Å². The van der Waals surface area contributed by atoms with Gasteiger partial charge in [-0.15, -0.1) is 11.6 Å². The molecule has 0 spiro atoms. The van der Waals surface area contributed by atoms with E-state index in [0.29, 0.717) is 31.9 Å². The zero-order valence-electron chi connectivity index (χ0n) is 5.27. The second-order valence-corrected chi connectivity index (χ2v) is 2.74. The number of aliphatic hydroxyl groups is 1. The molecule has 0 amide bonds. The van der Waals surface area contributed by atoms with E-state index in [4.69, 9.17) is 16.3 Å². The molecule has 0 aromatic carbocycles. The average molecular weight is 151 g/mol. The highest BCUT2D eigenvalue weighted by Crippen LogP contribution is 2.21. The Morgan fingerprint density at radius 2 is 2.00 bits per heavy atom. The molecule has 0 radical (unpaired) electrons. The minimum Gasteiger partial charge on any atom is -0.388 e. The van der Waals surface area contributed by atoms with Crippen molar-refractivity contribution in [3.8, 4) is 0 Å². The Balaban J connectivity index is 2.37. The highest BCUT2D eigenvalue weighted by Gasteiger charge is 2.28. The van der Waals surface area contributed by atoms with Crippen LogP contribution in [-0.4, -0.2) is 29.8 Å². The van der Waals surface area contributed by atoms with Crippen LogP contribution in [0.25, 0.3) is 0 Å². The number of rotatable bonds is 1. The average Bonchev–Trinajstić information content (AvgIpc) is 1.90. The lowest BCUT2D eigenvalue weighted by molar-refractivity contribution is -0.0485. The van der Waals surface area contributed by atoms with Crippen LogP contribution in [0.1, 0.15) is 12.8 Å². The van der Waals surface area contributed by atoms with Crippen molar-refractivity contribution in [2.75, 3.05) is 19.1 Å². The van der Waals surface area contributed by atoms with Crippen LogP contribution in [0.2, 0.25) is 0 Å². The molecule has 3 heteroatoms. The number of halogens is 1. The summed E-state index contributed by atoms with van der Waals surface area (Å²) in [5.41, 5.74) is -0.639. The molecule has 1 fully saturated rings. The highest BCUT2D eigenvalue weighted by molar-refractivity contribution is 6.18. The Kier molecular flexibility index (Phi) is 2.33. The van der Waals surface area contributed by atoms with Gasteiger partial charge in [0.1, 0.15) is 0 Å². The second-order valence-electron chi connectivity index (χ2n) is 2.47. The normalized spacial score (nSPS) is 26.0. The molecule has 0 aromatic rings. The summed E-state index contributed by atoms with van der Waals surface area (Å²) in [5.74, 6) is 0.330. The minimum atomic E-state index is -0.639. The molecule has 2 nitrogen and oxygen atoms in total. The summed E-state index contributed by atoms with van der Waals surface area (Å²) in [6.07, 6.45) is 1.35. The van der Waals surface area contributed by atoms with Gasteiger partial charge in [0.25, 0.3) is 0 Å². The second kappa shape index (κ2) is 2.86. The fourth-order valence-electron chi connectivity index (χ4n) is 0.885. The highest BCUT2D eigenvalue weighted by atomic mass is 35.5. The third-order valence-corrected chi connectivity index (χ3v) is 2.17. The van der Waals surface area contributed by atoms with Crippen LogP contribution in [-0.2, 0) is 4.74 Å². The van der Waals surface area contributed by atoms with Gasteiger partial charge in [-0.2, -0.15) is 0 Å². The minimum absolute atomic E-state index is 0.330. The van der Waals surface area contributed by atoms with Crippen LogP contribution in [0.15, 0.2) is 0 Å². The van der Waals surface area contributed by atoms with E-state index in [1.54, 1.807) is 0 Å². The van der Waals surface area contributed by atoms with Gasteiger partial charge in [-0.05, 0) is 0 Å². The summed E-state index contributed by atoms with van der Waals surface area (Å²) in [5, 5.41) is 9.47. The van der Waals surface area contributed by atoms with Crippen LogP contribution in [0, 0.1) is 0 Å². The van der Waals surface area contributed by atoms with E-state index >= 15 is 0 Å². The molecule has 1 N–H and O–H groups in total. The Bertz CT molecular complexity index is 89.1. The van der Waals surface area contributed by atoms with E-state index in [0.717, 1.165) is 0 Å². The maximum Gasteiger partial charge on any atom is 0.0826 e. The molecular formula is C6H11ClO2. The molecule has 1 heterocycles. The van der Waals surface area contributed by atoms with Gasteiger partial charge >= 0.3 is 0 Å². The summed E-state index contributed by atoms with van der Waals surface area (Å²) in [7, 11) is 0. The van der Waals surface area contributed by atoms with Crippen molar-refractivity contribution in [3.05, 3.63) is 0 Å². The summed E-state index contributed by atoms with van der Waals surface area (Å²) in [4.78, 5) is 0. The smallest absolute Gasteiger partial charge is 0.0826 e. The van der Waals surface area contributed by atoms with Gasteiger partial charge in [0.05, 0.1) is 11.5 Å². The zero-order chi connectivity index (χ0) is 6.74. The van der Waals surface area contributed by atoms with E-state index in [-0.39, 0.29) is 0 Å². The van der Waals surface area contributed by atoms with Gasteiger partial charge in [-0.1, -0.05) is 0 Å². The first-order valence-corrected chi connectivity index (χ1v) is 3.66. The number of ether oxygens (including phenoxy) is 1. The van der Waals surface area contributed by atoms with Crippen LogP contribution < -0.4 is 0 Å². The summed E-state index contributed by atoms with van der Waals surface area (Å²) in [6.45, 7) is 1.28. The molecule has 0 saturated carbocycles. The molecule has 0 atom stereocenters. The lowest BCUT2D eigenvalue weighted by Gasteiger charge is -2.29. The third kappa shape index (κ3) is 1.81. The fraction of sp³-hybridized carbons (Fsp3) is 1.00. The van der Waals surface area contributed by atoms with Crippen molar-refractivity contribution in [2.24, 2.45) is 0 Å². The molecule has 1 rings (SSSR count). The summed E-state index contributed by atoms with van der Waals surface area (Å²) >= 11 is 5.52. The van der Waals surface area contributed by atoms with Crippen molar-refractivity contribution in [3.63, 3.8) is 0 Å². The van der Waals surface area contributed by atoms with E-state index < -0.39 is 5.60 Å². The molecule has 1 aliphatic heterocycles. The molecule has 54 valence electrons. The topological polar surface area (TPSA) is 29.5 Å².